The molecule has 0 bridgehead atoms. The molecule has 1 aromatic carbocycles. The summed E-state index contributed by atoms with van der Waals surface area (Å²) >= 11 is 0. The van der Waals surface area contributed by atoms with Crippen LogP contribution in [0.4, 0.5) is 0 Å². The van der Waals surface area contributed by atoms with Crippen LogP contribution < -0.4 is 4.74 Å². The Morgan fingerprint density at radius 1 is 1.29 bits per heavy atom. The molecule has 1 fully saturated rings. The van der Waals surface area contributed by atoms with Gasteiger partial charge in [0, 0.05) is 30.9 Å². The first kappa shape index (κ1) is 17.0. The minimum atomic E-state index is -0.497. The first-order valence-electron chi connectivity index (χ1n) is 8.66. The van der Waals surface area contributed by atoms with Crippen LogP contribution in [0.15, 0.2) is 30.3 Å². The van der Waals surface area contributed by atoms with E-state index in [9.17, 15) is 5.11 Å². The van der Waals surface area contributed by atoms with Crippen molar-refractivity contribution < 1.29 is 9.84 Å². The lowest BCUT2D eigenvalue weighted by Crippen LogP contribution is -2.35. The summed E-state index contributed by atoms with van der Waals surface area (Å²) in [7, 11) is 1.99. The second-order valence-electron chi connectivity index (χ2n) is 6.64. The maximum Gasteiger partial charge on any atom is 0.119 e. The lowest BCUT2D eigenvalue weighted by molar-refractivity contribution is 0.0637. The van der Waals surface area contributed by atoms with Gasteiger partial charge in [0.2, 0.25) is 0 Å². The summed E-state index contributed by atoms with van der Waals surface area (Å²) in [6.07, 6.45) is 1.78. The van der Waals surface area contributed by atoms with E-state index in [4.69, 9.17) is 4.74 Å². The number of aryl methyl sites for hydroxylation is 2. The quantitative estimate of drug-likeness (QED) is 0.885. The summed E-state index contributed by atoms with van der Waals surface area (Å²) in [5, 5.41) is 14.9. The molecule has 1 saturated heterocycles. The molecule has 2 aromatic rings. The molecular formula is C19H27N3O2. The van der Waals surface area contributed by atoms with Gasteiger partial charge in [0.05, 0.1) is 5.69 Å². The van der Waals surface area contributed by atoms with Crippen molar-refractivity contribution in [2.75, 3.05) is 19.7 Å². The Balaban J connectivity index is 1.61. The van der Waals surface area contributed by atoms with Crippen LogP contribution in [0.25, 0.3) is 0 Å². The van der Waals surface area contributed by atoms with Gasteiger partial charge in [0.15, 0.2) is 0 Å². The van der Waals surface area contributed by atoms with E-state index in [0.29, 0.717) is 19.2 Å². The molecule has 3 rings (SSSR count). The number of aliphatic hydroxyl groups excluding tert-OH is 1. The fourth-order valence-corrected chi connectivity index (χ4v) is 3.68. The molecule has 0 unspecified atom stereocenters. The van der Waals surface area contributed by atoms with Crippen LogP contribution in [0, 0.1) is 13.8 Å². The van der Waals surface area contributed by atoms with Crippen molar-refractivity contribution >= 4 is 0 Å². The van der Waals surface area contributed by atoms with E-state index in [2.05, 4.69) is 23.8 Å². The highest BCUT2D eigenvalue weighted by Gasteiger charge is 2.31. The topological polar surface area (TPSA) is 50.5 Å². The Hall–Kier alpha value is -1.85. The zero-order chi connectivity index (χ0) is 17.1. The smallest absolute Gasteiger partial charge is 0.119 e. The van der Waals surface area contributed by atoms with Crippen LogP contribution >= 0.6 is 0 Å². The molecule has 2 heterocycles. The molecule has 1 aliphatic rings. The number of hydrogen-bond acceptors (Lipinski definition) is 4. The molecule has 130 valence electrons. The van der Waals surface area contributed by atoms with Gasteiger partial charge in [-0.25, -0.2) is 0 Å². The van der Waals surface area contributed by atoms with E-state index in [1.54, 1.807) is 0 Å². The Morgan fingerprint density at radius 2 is 2.04 bits per heavy atom. The first-order valence-corrected chi connectivity index (χ1v) is 8.66. The molecule has 1 aliphatic heterocycles. The number of ether oxygens (including phenoxy) is 1. The predicted octanol–water partition coefficient (Wildman–Crippen LogP) is 2.61. The number of para-hydroxylation sites is 1. The summed E-state index contributed by atoms with van der Waals surface area (Å²) in [5.74, 6) is 0.800. The number of hydrogen-bond donors (Lipinski definition) is 1. The Kier molecular flexibility index (Phi) is 5.21. The number of likely N-dealkylation sites (tertiary alicyclic amines) is 1. The summed E-state index contributed by atoms with van der Waals surface area (Å²) in [4.78, 5) is 2.37. The largest absolute Gasteiger partial charge is 0.491 e. The minimum absolute atomic E-state index is 0.318. The molecule has 1 N–H and O–H groups in total. The van der Waals surface area contributed by atoms with Crippen molar-refractivity contribution in [2.45, 2.75) is 38.8 Å². The van der Waals surface area contributed by atoms with Crippen molar-refractivity contribution in [2.24, 2.45) is 7.05 Å². The van der Waals surface area contributed by atoms with Crippen molar-refractivity contribution in [3.8, 4) is 5.75 Å². The highest BCUT2D eigenvalue weighted by atomic mass is 16.5. The fourth-order valence-electron chi connectivity index (χ4n) is 3.68. The van der Waals surface area contributed by atoms with Crippen LogP contribution in [0.2, 0.25) is 0 Å². The van der Waals surface area contributed by atoms with Crippen LogP contribution in [0.3, 0.4) is 0 Å². The van der Waals surface area contributed by atoms with Crippen LogP contribution in [0.1, 0.15) is 35.8 Å². The molecule has 0 amide bonds. The highest BCUT2D eigenvalue weighted by Crippen LogP contribution is 2.35. The normalized spacial score (nSPS) is 19.6. The molecule has 5 heteroatoms. The SMILES string of the molecule is Cc1nn(C)c(C)c1[C@H]1CCCN1C[C@H](O)COc1ccccc1. The number of rotatable bonds is 6. The molecule has 24 heavy (non-hydrogen) atoms. The molecule has 0 spiro atoms. The summed E-state index contributed by atoms with van der Waals surface area (Å²) in [5.41, 5.74) is 3.65. The molecule has 2 atom stereocenters. The van der Waals surface area contributed by atoms with Gasteiger partial charge in [-0.3, -0.25) is 9.58 Å². The van der Waals surface area contributed by atoms with E-state index >= 15 is 0 Å². The Labute approximate surface area is 143 Å². The third-order valence-electron chi connectivity index (χ3n) is 4.89. The Bertz CT molecular complexity index is 669. The summed E-state index contributed by atoms with van der Waals surface area (Å²) in [6.45, 7) is 6.17. The van der Waals surface area contributed by atoms with Gasteiger partial charge in [-0.1, -0.05) is 18.2 Å². The van der Waals surface area contributed by atoms with E-state index in [1.165, 1.54) is 11.3 Å². The van der Waals surface area contributed by atoms with Crippen molar-refractivity contribution in [1.29, 1.82) is 0 Å². The van der Waals surface area contributed by atoms with Crippen LogP contribution in [0.5, 0.6) is 5.75 Å². The summed E-state index contributed by atoms with van der Waals surface area (Å²) in [6, 6.07) is 10.0. The van der Waals surface area contributed by atoms with Crippen molar-refractivity contribution in [3.05, 3.63) is 47.3 Å². The van der Waals surface area contributed by atoms with Gasteiger partial charge < -0.3 is 9.84 Å². The number of aliphatic hydroxyl groups is 1. The molecule has 1 aromatic heterocycles. The monoisotopic (exact) mass is 329 g/mol. The number of β-amino-alcohol motifs (C(OH)–C–C–N with tert-alkyl or cyclic N) is 1. The van der Waals surface area contributed by atoms with Crippen LogP contribution in [-0.2, 0) is 7.05 Å². The standard InChI is InChI=1S/C19H27N3O2/c1-14-19(15(2)21(3)20-14)18-10-7-11-22(18)12-16(23)13-24-17-8-5-4-6-9-17/h4-6,8-9,16,18,23H,7,10-13H2,1-3H3/t16-,18+/m0/s1. The lowest BCUT2D eigenvalue weighted by atomic mass is 10.0. The number of aromatic nitrogens is 2. The van der Waals surface area contributed by atoms with Gasteiger partial charge in [0.1, 0.15) is 18.5 Å². The van der Waals surface area contributed by atoms with Crippen molar-refractivity contribution in [1.82, 2.24) is 14.7 Å². The van der Waals surface area contributed by atoms with Crippen LogP contribution in [-0.4, -0.2) is 45.6 Å². The van der Waals surface area contributed by atoms with E-state index < -0.39 is 6.10 Å². The predicted molar refractivity (Wildman–Crippen MR) is 94.2 cm³/mol. The third kappa shape index (κ3) is 3.62. The van der Waals surface area contributed by atoms with E-state index in [-0.39, 0.29) is 0 Å². The van der Waals surface area contributed by atoms with E-state index in [0.717, 1.165) is 30.8 Å². The minimum Gasteiger partial charge on any atom is -0.491 e. The summed E-state index contributed by atoms with van der Waals surface area (Å²) < 4.78 is 7.63. The average molecular weight is 329 g/mol. The lowest BCUT2D eigenvalue weighted by Gasteiger charge is -2.27. The second kappa shape index (κ2) is 7.36. The zero-order valence-electron chi connectivity index (χ0n) is 14.8. The molecular weight excluding hydrogens is 302 g/mol. The molecule has 0 radical (unpaired) electrons. The van der Waals surface area contributed by atoms with E-state index in [1.807, 2.05) is 42.1 Å². The highest BCUT2D eigenvalue weighted by molar-refractivity contribution is 5.29. The van der Waals surface area contributed by atoms with Crippen molar-refractivity contribution in [3.63, 3.8) is 0 Å². The number of nitrogens with zero attached hydrogens (tertiary/aromatic N) is 3. The molecule has 0 saturated carbocycles. The van der Waals surface area contributed by atoms with Gasteiger partial charge >= 0.3 is 0 Å². The maximum absolute atomic E-state index is 10.4. The second-order valence-corrected chi connectivity index (χ2v) is 6.64. The van der Waals surface area contributed by atoms with Gasteiger partial charge in [-0.2, -0.15) is 5.10 Å². The molecule has 0 aliphatic carbocycles. The van der Waals surface area contributed by atoms with Gasteiger partial charge in [-0.05, 0) is 45.4 Å². The zero-order valence-corrected chi connectivity index (χ0v) is 14.8. The number of benzene rings is 1. The first-order chi connectivity index (χ1) is 11.6. The maximum atomic E-state index is 10.4. The molecule has 5 nitrogen and oxygen atoms in total. The fraction of sp³-hybridized carbons (Fsp3) is 0.526. The third-order valence-corrected chi connectivity index (χ3v) is 4.89. The van der Waals surface area contributed by atoms with Gasteiger partial charge in [0.25, 0.3) is 0 Å². The van der Waals surface area contributed by atoms with Gasteiger partial charge in [-0.15, -0.1) is 0 Å². The average Bonchev–Trinajstić information content (AvgIpc) is 3.11. The Morgan fingerprint density at radius 3 is 2.71 bits per heavy atom.